The van der Waals surface area contributed by atoms with E-state index in [0.717, 1.165) is 23.9 Å². The van der Waals surface area contributed by atoms with E-state index in [0.29, 0.717) is 17.3 Å². The number of nitrogens with one attached hydrogen (secondary N) is 3. The van der Waals surface area contributed by atoms with Crippen LogP contribution < -0.4 is 10.7 Å². The zero-order chi connectivity index (χ0) is 20.1. The molecule has 0 unspecified atom stereocenters. The number of aromatic nitrogens is 3. The Morgan fingerprint density at radius 3 is 2.75 bits per heavy atom. The molecule has 0 bridgehead atoms. The van der Waals surface area contributed by atoms with Crippen LogP contribution >= 0.6 is 11.6 Å². The number of imidazole rings is 1. The van der Waals surface area contributed by atoms with Crippen LogP contribution in [0, 0.1) is 5.82 Å². The predicted molar refractivity (Wildman–Crippen MR) is 106 cm³/mol. The number of nitrogens with zero attached hydrogens (tertiary/aromatic N) is 2. The lowest BCUT2D eigenvalue weighted by molar-refractivity contribution is 0.0173. The fraction of sp³-hybridized carbons (Fsp3) is 0.211. The number of alkyl halides is 2. The maximum absolute atomic E-state index is 14.7. The number of anilines is 2. The molecule has 0 saturated heterocycles. The van der Waals surface area contributed by atoms with Crippen molar-refractivity contribution in [1.29, 1.82) is 0 Å². The van der Waals surface area contributed by atoms with Crippen LogP contribution in [0.4, 0.5) is 24.8 Å². The van der Waals surface area contributed by atoms with Crippen molar-refractivity contribution in [3.63, 3.8) is 0 Å². The Labute approximate surface area is 163 Å². The normalized spacial score (nSPS) is 12.1. The summed E-state index contributed by atoms with van der Waals surface area (Å²) >= 11 is 6.08. The minimum Gasteiger partial charge on any atom is -0.359 e. The molecule has 0 spiro atoms. The van der Waals surface area contributed by atoms with E-state index in [1.807, 2.05) is 13.0 Å². The van der Waals surface area contributed by atoms with Crippen molar-refractivity contribution in [2.75, 3.05) is 17.3 Å². The van der Waals surface area contributed by atoms with Gasteiger partial charge in [0.15, 0.2) is 5.82 Å². The summed E-state index contributed by atoms with van der Waals surface area (Å²) in [5.41, 5.74) is 4.32. The number of rotatable bonds is 5. The van der Waals surface area contributed by atoms with Gasteiger partial charge in [0.2, 0.25) is 5.95 Å². The van der Waals surface area contributed by atoms with Gasteiger partial charge in [0, 0.05) is 41.2 Å². The Morgan fingerprint density at radius 2 is 2.04 bits per heavy atom. The van der Waals surface area contributed by atoms with Crippen LogP contribution in [0.5, 0.6) is 0 Å². The first-order valence-electron chi connectivity index (χ1n) is 8.65. The summed E-state index contributed by atoms with van der Waals surface area (Å²) in [7, 11) is 0. The van der Waals surface area contributed by atoms with Gasteiger partial charge in [-0.2, -0.15) is 0 Å². The average molecular weight is 408 g/mol. The maximum atomic E-state index is 14.7. The lowest BCUT2D eigenvalue weighted by atomic mass is 10.1. The van der Waals surface area contributed by atoms with Gasteiger partial charge in [-0.25, -0.2) is 22.8 Å². The monoisotopic (exact) mass is 407 g/mol. The molecule has 0 radical (unpaired) electrons. The molecule has 2 heterocycles. The van der Waals surface area contributed by atoms with Crippen molar-refractivity contribution in [3.05, 3.63) is 52.9 Å². The highest BCUT2D eigenvalue weighted by molar-refractivity contribution is 6.31. The second-order valence-electron chi connectivity index (χ2n) is 6.51. The Hall–Kier alpha value is -2.87. The molecule has 0 aliphatic heterocycles. The maximum Gasteiger partial charge on any atom is 0.270 e. The summed E-state index contributed by atoms with van der Waals surface area (Å²) in [5, 5.41) is 4.52. The molecule has 0 amide bonds. The first-order valence-corrected chi connectivity index (χ1v) is 9.03. The third-order valence-corrected chi connectivity index (χ3v) is 4.65. The van der Waals surface area contributed by atoms with Crippen LogP contribution in [-0.4, -0.2) is 21.2 Å². The van der Waals surface area contributed by atoms with Gasteiger partial charge in [0.1, 0.15) is 5.52 Å². The van der Waals surface area contributed by atoms with Crippen molar-refractivity contribution in [1.82, 2.24) is 14.6 Å². The van der Waals surface area contributed by atoms with E-state index in [4.69, 9.17) is 11.6 Å². The third-order valence-electron chi connectivity index (χ3n) is 4.42. The number of fused-ring (bicyclic) bond motifs is 2. The molecule has 0 atom stereocenters. The van der Waals surface area contributed by atoms with E-state index in [1.54, 1.807) is 18.3 Å². The minimum absolute atomic E-state index is 0.0928. The van der Waals surface area contributed by atoms with E-state index < -0.39 is 17.3 Å². The van der Waals surface area contributed by atoms with Crippen LogP contribution in [0.15, 0.2) is 36.5 Å². The predicted octanol–water partition coefficient (Wildman–Crippen LogP) is 5.73. The second-order valence-corrected chi connectivity index (χ2v) is 6.95. The van der Waals surface area contributed by atoms with Crippen molar-refractivity contribution in [3.8, 4) is 0 Å². The number of hydrogen-bond acceptors (Lipinski definition) is 3. The highest BCUT2D eigenvalue weighted by Gasteiger charge is 2.27. The van der Waals surface area contributed by atoms with Gasteiger partial charge in [0.05, 0.1) is 11.2 Å². The van der Waals surface area contributed by atoms with Crippen LogP contribution in [-0.2, 0) is 5.92 Å². The minimum atomic E-state index is -3.17. The molecule has 2 aromatic heterocycles. The number of halogens is 4. The van der Waals surface area contributed by atoms with Crippen molar-refractivity contribution >= 4 is 45.2 Å². The lowest BCUT2D eigenvalue weighted by Crippen LogP contribution is -2.17. The molecule has 28 heavy (non-hydrogen) atoms. The Morgan fingerprint density at radius 1 is 1.25 bits per heavy atom. The fourth-order valence-corrected chi connectivity index (χ4v) is 3.30. The molecule has 0 fully saturated rings. The molecule has 4 aromatic rings. The highest BCUT2D eigenvalue weighted by atomic mass is 35.5. The standard InChI is InChI=1S/C19H17ClF3N5/c1-3-25-28-17-13(21)6-10(19(2,22)23)7-15(17)26-18(28)27-16-9-24-14-5-4-11(20)8-12(14)16/h4-9,24-25H,3H2,1-2H3,(H,26,27). The van der Waals surface area contributed by atoms with Crippen LogP contribution in [0.1, 0.15) is 19.4 Å². The first kappa shape index (κ1) is 18.5. The third kappa shape index (κ3) is 3.13. The molecule has 4 rings (SSSR count). The second kappa shape index (κ2) is 6.63. The number of benzene rings is 2. The molecule has 3 N–H and O–H groups in total. The lowest BCUT2D eigenvalue weighted by Gasteiger charge is -2.13. The van der Waals surface area contributed by atoms with E-state index in [9.17, 15) is 13.2 Å². The molecule has 9 heteroatoms. The van der Waals surface area contributed by atoms with Gasteiger partial charge in [-0.05, 0) is 37.3 Å². The Bertz CT molecular complexity index is 1180. The summed E-state index contributed by atoms with van der Waals surface area (Å²) in [4.78, 5) is 7.45. The summed E-state index contributed by atoms with van der Waals surface area (Å²) < 4.78 is 43.5. The zero-order valence-corrected chi connectivity index (χ0v) is 15.8. The molecular weight excluding hydrogens is 391 g/mol. The highest BCUT2D eigenvalue weighted by Crippen LogP contribution is 2.34. The van der Waals surface area contributed by atoms with Gasteiger partial charge in [-0.1, -0.05) is 11.6 Å². The van der Waals surface area contributed by atoms with Crippen molar-refractivity contribution < 1.29 is 13.2 Å². The van der Waals surface area contributed by atoms with Crippen molar-refractivity contribution in [2.24, 2.45) is 0 Å². The molecule has 0 aliphatic carbocycles. The summed E-state index contributed by atoms with van der Waals surface area (Å²) in [5.74, 6) is -3.68. The smallest absolute Gasteiger partial charge is 0.270 e. The molecule has 2 aromatic carbocycles. The van der Waals surface area contributed by atoms with Crippen molar-refractivity contribution in [2.45, 2.75) is 19.8 Å². The quantitative estimate of drug-likeness (QED) is 0.396. The van der Waals surface area contributed by atoms with E-state index in [1.165, 1.54) is 10.7 Å². The van der Waals surface area contributed by atoms with Crippen LogP contribution in [0.3, 0.4) is 0 Å². The molecule has 146 valence electrons. The SMILES string of the molecule is CCNn1c(Nc2c[nH]c3ccc(Cl)cc23)nc2cc(C(C)(F)F)cc(F)c21. The number of hydrogen-bond donors (Lipinski definition) is 3. The molecule has 0 saturated carbocycles. The Kier molecular flexibility index (Phi) is 4.38. The van der Waals surface area contributed by atoms with E-state index in [-0.39, 0.29) is 17.0 Å². The van der Waals surface area contributed by atoms with Gasteiger partial charge in [-0.15, -0.1) is 0 Å². The van der Waals surface area contributed by atoms with Gasteiger partial charge >= 0.3 is 0 Å². The van der Waals surface area contributed by atoms with Gasteiger partial charge in [0.25, 0.3) is 5.92 Å². The summed E-state index contributed by atoms with van der Waals surface area (Å²) in [6, 6.07) is 7.42. The molecule has 0 aliphatic rings. The summed E-state index contributed by atoms with van der Waals surface area (Å²) in [6.07, 6.45) is 1.73. The topological polar surface area (TPSA) is 57.7 Å². The largest absolute Gasteiger partial charge is 0.359 e. The van der Waals surface area contributed by atoms with E-state index in [2.05, 4.69) is 20.7 Å². The van der Waals surface area contributed by atoms with Crippen LogP contribution in [0.2, 0.25) is 5.02 Å². The summed E-state index contributed by atoms with van der Waals surface area (Å²) in [6.45, 7) is 3.04. The Balaban J connectivity index is 1.86. The molecule has 5 nitrogen and oxygen atoms in total. The number of H-pyrrole nitrogens is 1. The molecular formula is C19H17ClF3N5. The zero-order valence-electron chi connectivity index (χ0n) is 15.1. The van der Waals surface area contributed by atoms with Gasteiger partial charge in [-0.3, -0.25) is 0 Å². The number of aromatic amines is 1. The average Bonchev–Trinajstić information content (AvgIpc) is 3.17. The van der Waals surface area contributed by atoms with Crippen LogP contribution in [0.25, 0.3) is 21.9 Å². The van der Waals surface area contributed by atoms with Gasteiger partial charge < -0.3 is 15.7 Å². The van der Waals surface area contributed by atoms with E-state index >= 15 is 0 Å². The first-order chi connectivity index (χ1) is 13.3. The fourth-order valence-electron chi connectivity index (χ4n) is 3.13.